The maximum absolute atomic E-state index is 6.15. The average molecular weight is 429 g/mol. The van der Waals surface area contributed by atoms with Gasteiger partial charge < -0.3 is 13.7 Å². The number of fused-ring (bicyclic) bond motifs is 1. The first-order valence-corrected chi connectivity index (χ1v) is 10.7. The highest BCUT2D eigenvalue weighted by Gasteiger charge is 2.42. The minimum absolute atomic E-state index is 0.0746. The summed E-state index contributed by atoms with van der Waals surface area (Å²) in [6.45, 7) is 1.94. The number of hydrogen-bond acceptors (Lipinski definition) is 7. The van der Waals surface area contributed by atoms with Gasteiger partial charge in [0.25, 0.3) is 0 Å². The average Bonchev–Trinajstić information content (AvgIpc) is 3.44. The molecule has 8 nitrogen and oxygen atoms in total. The van der Waals surface area contributed by atoms with Crippen LogP contribution in [0.4, 0.5) is 0 Å². The molecule has 4 heterocycles. The zero-order chi connectivity index (χ0) is 21.7. The molecule has 4 aromatic rings. The van der Waals surface area contributed by atoms with Crippen molar-refractivity contribution >= 4 is 16.8 Å². The maximum atomic E-state index is 6.15. The number of imidazole rings is 1. The van der Waals surface area contributed by atoms with Gasteiger partial charge >= 0.3 is 0 Å². The second-order valence-corrected chi connectivity index (χ2v) is 8.28. The van der Waals surface area contributed by atoms with Crippen LogP contribution < -0.4 is 10.2 Å². The fraction of sp³-hybridized carbons (Fsp3) is 0.292. The van der Waals surface area contributed by atoms with Gasteiger partial charge in [0.2, 0.25) is 5.88 Å². The molecule has 1 saturated carbocycles. The molecule has 0 radical (unpaired) electrons. The van der Waals surface area contributed by atoms with Gasteiger partial charge in [-0.2, -0.15) is 0 Å². The van der Waals surface area contributed by atoms with Crippen molar-refractivity contribution in [2.24, 2.45) is 10.9 Å². The van der Waals surface area contributed by atoms with Gasteiger partial charge in [0, 0.05) is 11.6 Å². The Morgan fingerprint density at radius 3 is 2.78 bits per heavy atom. The number of methoxy groups -OCH3 is 1. The molecule has 0 spiro atoms. The number of hydroxylamine groups is 1. The summed E-state index contributed by atoms with van der Waals surface area (Å²) >= 11 is 0. The quantitative estimate of drug-likeness (QED) is 0.513. The van der Waals surface area contributed by atoms with Gasteiger partial charge in [0.1, 0.15) is 34.9 Å². The smallest absolute Gasteiger partial charge is 0.238 e. The van der Waals surface area contributed by atoms with Crippen molar-refractivity contribution in [3.63, 3.8) is 0 Å². The Morgan fingerprint density at radius 1 is 1.16 bits per heavy atom. The van der Waals surface area contributed by atoms with E-state index in [-0.39, 0.29) is 12.1 Å². The standard InChI is InChI=1S/C24H23N5O3/c1-14-12-29(13-25-14)18-10-9-17(26-24(18)30-2)23-27-21(22(32-28-23)15-7-8-15)20-11-16-5-3-4-6-19(16)31-20/h3-6,9-13,15,21-22H,7-8H2,1-2H3,(H,27,28)/t21-,22+/m0/s1. The van der Waals surface area contributed by atoms with Gasteiger partial charge in [0.05, 0.1) is 19.1 Å². The first kappa shape index (κ1) is 19.1. The zero-order valence-corrected chi connectivity index (χ0v) is 17.9. The third kappa shape index (κ3) is 3.33. The number of amidine groups is 1. The Morgan fingerprint density at radius 2 is 2.03 bits per heavy atom. The van der Waals surface area contributed by atoms with Gasteiger partial charge in [-0.05, 0) is 49.9 Å². The topological polar surface area (TPSA) is 86.7 Å². The largest absolute Gasteiger partial charge is 0.479 e. The summed E-state index contributed by atoms with van der Waals surface area (Å²) in [7, 11) is 1.60. The Bertz CT molecular complexity index is 1290. The van der Waals surface area contributed by atoms with Gasteiger partial charge in [-0.25, -0.2) is 15.4 Å². The van der Waals surface area contributed by atoms with E-state index in [0.717, 1.165) is 41.0 Å². The predicted octanol–water partition coefficient (Wildman–Crippen LogP) is 4.13. The van der Waals surface area contributed by atoms with Gasteiger partial charge in [-0.3, -0.25) is 9.83 Å². The molecule has 2 atom stereocenters. The number of aromatic nitrogens is 3. The lowest BCUT2D eigenvalue weighted by molar-refractivity contribution is -0.0327. The van der Waals surface area contributed by atoms with Crippen LogP contribution in [0.1, 0.15) is 36.0 Å². The molecular weight excluding hydrogens is 406 g/mol. The fourth-order valence-electron chi connectivity index (χ4n) is 4.16. The van der Waals surface area contributed by atoms with Crippen LogP contribution >= 0.6 is 0 Å². The van der Waals surface area contributed by atoms with Crippen LogP contribution in [-0.2, 0) is 4.84 Å². The normalized spacial score (nSPS) is 20.8. The van der Waals surface area contributed by atoms with E-state index in [1.807, 2.05) is 54.1 Å². The SMILES string of the molecule is COc1nc(C2=N[C@@H](c3cc4ccccc4o3)[C@@H](C3CC3)ON2)ccc1-n1cnc(C)c1. The van der Waals surface area contributed by atoms with Crippen molar-refractivity contribution < 1.29 is 14.0 Å². The highest BCUT2D eigenvalue weighted by atomic mass is 16.7. The third-order valence-electron chi connectivity index (χ3n) is 5.96. The number of nitrogens with one attached hydrogen (secondary N) is 1. The van der Waals surface area contributed by atoms with Crippen LogP contribution in [0.2, 0.25) is 0 Å². The monoisotopic (exact) mass is 429 g/mol. The first-order chi connectivity index (χ1) is 15.7. The lowest BCUT2D eigenvalue weighted by Crippen LogP contribution is -2.40. The van der Waals surface area contributed by atoms with Crippen molar-refractivity contribution in [1.82, 2.24) is 20.0 Å². The molecule has 1 aliphatic heterocycles. The van der Waals surface area contributed by atoms with E-state index in [0.29, 0.717) is 23.3 Å². The number of hydrogen-bond donors (Lipinski definition) is 1. The number of aryl methyl sites for hydroxylation is 1. The number of rotatable bonds is 5. The van der Waals surface area contributed by atoms with Crippen molar-refractivity contribution in [3.05, 3.63) is 72.1 Å². The number of aliphatic imine (C=N–C) groups is 1. The first-order valence-electron chi connectivity index (χ1n) is 10.7. The maximum Gasteiger partial charge on any atom is 0.238 e. The highest BCUT2D eigenvalue weighted by Crippen LogP contribution is 2.43. The van der Waals surface area contributed by atoms with E-state index in [4.69, 9.17) is 19.0 Å². The van der Waals surface area contributed by atoms with Crippen LogP contribution in [-0.4, -0.2) is 33.6 Å². The van der Waals surface area contributed by atoms with Gasteiger partial charge in [-0.15, -0.1) is 0 Å². The van der Waals surface area contributed by atoms with Gasteiger partial charge in [-0.1, -0.05) is 18.2 Å². The molecule has 1 aromatic carbocycles. The molecule has 0 amide bonds. The highest BCUT2D eigenvalue weighted by molar-refractivity contribution is 5.97. The number of pyridine rings is 1. The molecular formula is C24H23N5O3. The third-order valence-corrected chi connectivity index (χ3v) is 5.96. The molecule has 6 rings (SSSR count). The lowest BCUT2D eigenvalue weighted by atomic mass is 10.0. The van der Waals surface area contributed by atoms with Crippen LogP contribution in [0.5, 0.6) is 5.88 Å². The summed E-state index contributed by atoms with van der Waals surface area (Å²) in [6.07, 6.45) is 5.87. The Hall–Kier alpha value is -3.65. The Kier molecular flexibility index (Phi) is 4.46. The van der Waals surface area contributed by atoms with Crippen molar-refractivity contribution in [1.29, 1.82) is 0 Å². The van der Waals surface area contributed by atoms with Crippen LogP contribution in [0, 0.1) is 12.8 Å². The Balaban J connectivity index is 1.39. The van der Waals surface area contributed by atoms with Crippen LogP contribution in [0.3, 0.4) is 0 Å². The summed E-state index contributed by atoms with van der Waals surface area (Å²) in [4.78, 5) is 20.0. The molecule has 0 saturated heterocycles. The van der Waals surface area contributed by atoms with E-state index < -0.39 is 0 Å². The van der Waals surface area contributed by atoms with Crippen LogP contribution in [0.25, 0.3) is 16.7 Å². The molecule has 3 aromatic heterocycles. The molecule has 0 bridgehead atoms. The molecule has 162 valence electrons. The molecule has 1 N–H and O–H groups in total. The van der Waals surface area contributed by atoms with E-state index >= 15 is 0 Å². The number of nitrogens with zero attached hydrogens (tertiary/aromatic N) is 4. The molecule has 1 aliphatic carbocycles. The number of benzene rings is 1. The van der Waals surface area contributed by atoms with Crippen molar-refractivity contribution in [2.45, 2.75) is 31.9 Å². The summed E-state index contributed by atoms with van der Waals surface area (Å²) in [6, 6.07) is 13.7. The molecule has 0 unspecified atom stereocenters. The summed E-state index contributed by atoms with van der Waals surface area (Å²) < 4.78 is 13.6. The second-order valence-electron chi connectivity index (χ2n) is 8.28. The van der Waals surface area contributed by atoms with E-state index in [9.17, 15) is 0 Å². The predicted molar refractivity (Wildman–Crippen MR) is 119 cm³/mol. The molecule has 1 fully saturated rings. The summed E-state index contributed by atoms with van der Waals surface area (Å²) in [5, 5.41) is 1.06. The Labute approximate surface area is 184 Å². The summed E-state index contributed by atoms with van der Waals surface area (Å²) in [5.74, 6) is 2.31. The summed E-state index contributed by atoms with van der Waals surface area (Å²) in [5.41, 5.74) is 6.24. The van der Waals surface area contributed by atoms with E-state index in [1.54, 1.807) is 13.4 Å². The van der Waals surface area contributed by atoms with E-state index in [1.165, 1.54) is 0 Å². The zero-order valence-electron chi connectivity index (χ0n) is 17.9. The number of furan rings is 1. The minimum Gasteiger partial charge on any atom is -0.479 e. The molecule has 32 heavy (non-hydrogen) atoms. The second kappa shape index (κ2) is 7.49. The number of ether oxygens (including phenoxy) is 1. The lowest BCUT2D eigenvalue weighted by Gasteiger charge is -2.29. The van der Waals surface area contributed by atoms with E-state index in [2.05, 4.69) is 21.5 Å². The van der Waals surface area contributed by atoms with Crippen molar-refractivity contribution in [2.75, 3.05) is 7.11 Å². The van der Waals surface area contributed by atoms with Gasteiger partial charge in [0.15, 0.2) is 5.84 Å². The fourth-order valence-corrected chi connectivity index (χ4v) is 4.16. The van der Waals surface area contributed by atoms with Crippen molar-refractivity contribution in [3.8, 4) is 11.6 Å². The number of para-hydroxylation sites is 1. The molecule has 8 heteroatoms. The minimum atomic E-state index is -0.241. The molecule has 2 aliphatic rings. The van der Waals surface area contributed by atoms with Crippen LogP contribution in [0.15, 0.2) is 64.4 Å².